The Morgan fingerprint density at radius 1 is 1.21 bits per heavy atom. The predicted octanol–water partition coefficient (Wildman–Crippen LogP) is 3.58. The number of rotatable bonds is 5. The summed E-state index contributed by atoms with van der Waals surface area (Å²) in [7, 11) is 0. The predicted molar refractivity (Wildman–Crippen MR) is 103 cm³/mol. The Balaban J connectivity index is 1.71. The van der Waals surface area contributed by atoms with E-state index in [1.54, 1.807) is 30.7 Å². The zero-order chi connectivity index (χ0) is 20.3. The van der Waals surface area contributed by atoms with Gasteiger partial charge in [-0.1, -0.05) is 6.92 Å². The minimum Gasteiger partial charge on any atom is -0.452 e. The van der Waals surface area contributed by atoms with Crippen LogP contribution in [-0.2, 0) is 9.53 Å². The Labute approximate surface area is 164 Å². The lowest BCUT2D eigenvalue weighted by Crippen LogP contribution is -2.45. The van der Waals surface area contributed by atoms with Crippen LogP contribution in [0.1, 0.15) is 54.4 Å². The number of piperidine rings is 1. The molecule has 2 heterocycles. The first-order chi connectivity index (χ1) is 13.4. The molecule has 1 fully saturated rings. The summed E-state index contributed by atoms with van der Waals surface area (Å²) < 4.78 is 20.1. The first-order valence-corrected chi connectivity index (χ1v) is 9.71. The summed E-state index contributed by atoms with van der Waals surface area (Å²) in [5.41, 5.74) is 2.08. The van der Waals surface area contributed by atoms with Gasteiger partial charge < -0.3 is 9.64 Å². The summed E-state index contributed by atoms with van der Waals surface area (Å²) in [6, 6.07) is 6.09. The van der Waals surface area contributed by atoms with Crippen molar-refractivity contribution >= 4 is 11.9 Å². The Bertz CT molecular complexity index is 861. The first-order valence-electron chi connectivity index (χ1n) is 9.71. The molecule has 0 saturated carbocycles. The van der Waals surface area contributed by atoms with Crippen molar-refractivity contribution in [3.8, 4) is 5.69 Å². The molecule has 0 radical (unpaired) electrons. The van der Waals surface area contributed by atoms with Gasteiger partial charge in [0.1, 0.15) is 11.4 Å². The van der Waals surface area contributed by atoms with Crippen LogP contribution < -0.4 is 0 Å². The third-order valence-electron chi connectivity index (χ3n) is 5.31. The van der Waals surface area contributed by atoms with E-state index in [9.17, 15) is 14.0 Å². The fourth-order valence-corrected chi connectivity index (χ4v) is 3.81. The van der Waals surface area contributed by atoms with Gasteiger partial charge in [0.25, 0.3) is 5.91 Å². The van der Waals surface area contributed by atoms with Crippen molar-refractivity contribution in [2.75, 3.05) is 13.2 Å². The zero-order valence-corrected chi connectivity index (χ0v) is 16.6. The highest BCUT2D eigenvalue weighted by Crippen LogP contribution is 2.21. The van der Waals surface area contributed by atoms with Crippen molar-refractivity contribution in [2.24, 2.45) is 0 Å². The van der Waals surface area contributed by atoms with E-state index in [1.807, 2.05) is 4.90 Å². The van der Waals surface area contributed by atoms with E-state index < -0.39 is 5.97 Å². The van der Waals surface area contributed by atoms with E-state index >= 15 is 0 Å². The van der Waals surface area contributed by atoms with E-state index in [-0.39, 0.29) is 24.4 Å². The Morgan fingerprint density at radius 3 is 2.61 bits per heavy atom. The molecule has 6 nitrogen and oxygen atoms in total. The third-order valence-corrected chi connectivity index (χ3v) is 5.31. The largest absolute Gasteiger partial charge is 0.452 e. The molecule has 7 heteroatoms. The standard InChI is InChI=1S/C21H26FN3O3/c1-4-17-7-5-6-12-24(17)19(26)13-28-21(27)20-14(2)23-25(15(20)3)18-10-8-16(22)9-11-18/h8-11,17H,4-7,12-13H2,1-3H3. The maximum Gasteiger partial charge on any atom is 0.342 e. The lowest BCUT2D eigenvalue weighted by molar-refractivity contribution is -0.138. The topological polar surface area (TPSA) is 64.4 Å². The number of esters is 1. The highest BCUT2D eigenvalue weighted by molar-refractivity contribution is 5.93. The van der Waals surface area contributed by atoms with Crippen molar-refractivity contribution in [3.05, 3.63) is 47.0 Å². The van der Waals surface area contributed by atoms with Crippen molar-refractivity contribution in [3.63, 3.8) is 0 Å². The van der Waals surface area contributed by atoms with E-state index in [4.69, 9.17) is 4.74 Å². The number of aromatic nitrogens is 2. The molecule has 150 valence electrons. The van der Waals surface area contributed by atoms with Crippen LogP contribution in [0.4, 0.5) is 4.39 Å². The Morgan fingerprint density at radius 2 is 1.93 bits per heavy atom. The van der Waals surface area contributed by atoms with Gasteiger partial charge in [0.2, 0.25) is 0 Å². The molecule has 1 amide bonds. The molecule has 1 unspecified atom stereocenters. The van der Waals surface area contributed by atoms with Gasteiger partial charge in [-0.3, -0.25) is 4.79 Å². The first kappa shape index (κ1) is 20.0. The second-order valence-corrected chi connectivity index (χ2v) is 7.16. The zero-order valence-electron chi connectivity index (χ0n) is 16.6. The fourth-order valence-electron chi connectivity index (χ4n) is 3.81. The molecule has 0 bridgehead atoms. The molecule has 1 aromatic carbocycles. The molecule has 1 aliphatic rings. The quantitative estimate of drug-likeness (QED) is 0.736. The summed E-state index contributed by atoms with van der Waals surface area (Å²) in [6.45, 7) is 5.98. The van der Waals surface area contributed by atoms with Crippen molar-refractivity contribution in [1.29, 1.82) is 0 Å². The molecule has 1 saturated heterocycles. The van der Waals surface area contributed by atoms with Gasteiger partial charge in [-0.05, 0) is 63.8 Å². The highest BCUT2D eigenvalue weighted by atomic mass is 19.1. The monoisotopic (exact) mass is 387 g/mol. The summed E-state index contributed by atoms with van der Waals surface area (Å²) in [4.78, 5) is 27.0. The van der Waals surface area contributed by atoms with Crippen LogP contribution in [0.2, 0.25) is 0 Å². The molecule has 2 aromatic rings. The number of ether oxygens (including phenoxy) is 1. The number of aryl methyl sites for hydroxylation is 1. The maximum atomic E-state index is 13.2. The fraction of sp³-hybridized carbons (Fsp3) is 0.476. The minimum atomic E-state index is -0.568. The van der Waals surface area contributed by atoms with Gasteiger partial charge in [-0.2, -0.15) is 5.10 Å². The van der Waals surface area contributed by atoms with Gasteiger partial charge in [0.15, 0.2) is 6.61 Å². The number of likely N-dealkylation sites (tertiary alicyclic amines) is 1. The normalized spacial score (nSPS) is 16.9. The van der Waals surface area contributed by atoms with E-state index in [1.165, 1.54) is 12.1 Å². The number of carbonyl (C=O) groups excluding carboxylic acids is 2. The molecule has 28 heavy (non-hydrogen) atoms. The maximum absolute atomic E-state index is 13.2. The van der Waals surface area contributed by atoms with Gasteiger partial charge in [0.05, 0.1) is 17.1 Å². The van der Waals surface area contributed by atoms with Crippen molar-refractivity contribution < 1.29 is 18.7 Å². The third kappa shape index (κ3) is 4.08. The lowest BCUT2D eigenvalue weighted by atomic mass is 10.00. The molecular weight excluding hydrogens is 361 g/mol. The van der Waals surface area contributed by atoms with Gasteiger partial charge in [-0.25, -0.2) is 13.9 Å². The van der Waals surface area contributed by atoms with Crippen molar-refractivity contribution in [1.82, 2.24) is 14.7 Å². The number of hydrogen-bond acceptors (Lipinski definition) is 4. The van der Waals surface area contributed by atoms with Gasteiger partial charge in [-0.15, -0.1) is 0 Å². The summed E-state index contributed by atoms with van der Waals surface area (Å²) in [6.07, 6.45) is 4.02. The molecule has 1 atom stereocenters. The lowest BCUT2D eigenvalue weighted by Gasteiger charge is -2.35. The second kappa shape index (κ2) is 8.54. The molecular formula is C21H26FN3O3. The van der Waals surface area contributed by atoms with Crippen LogP contribution in [0.25, 0.3) is 5.69 Å². The van der Waals surface area contributed by atoms with Crippen LogP contribution in [0.3, 0.4) is 0 Å². The second-order valence-electron chi connectivity index (χ2n) is 7.16. The Kier molecular flexibility index (Phi) is 6.11. The molecule has 0 N–H and O–H groups in total. The molecule has 1 aromatic heterocycles. The van der Waals surface area contributed by atoms with Crippen LogP contribution in [0.15, 0.2) is 24.3 Å². The van der Waals surface area contributed by atoms with Crippen LogP contribution in [0, 0.1) is 19.7 Å². The number of amides is 1. The van der Waals surface area contributed by atoms with Gasteiger partial charge in [0, 0.05) is 12.6 Å². The smallest absolute Gasteiger partial charge is 0.342 e. The number of benzene rings is 1. The summed E-state index contributed by atoms with van der Waals surface area (Å²) >= 11 is 0. The van der Waals surface area contributed by atoms with Crippen LogP contribution in [-0.4, -0.2) is 45.8 Å². The molecule has 0 aliphatic carbocycles. The van der Waals surface area contributed by atoms with Gasteiger partial charge >= 0.3 is 5.97 Å². The average Bonchev–Trinajstić information content (AvgIpc) is 3.00. The summed E-state index contributed by atoms with van der Waals surface area (Å²) in [5.74, 6) is -1.06. The van der Waals surface area contributed by atoms with E-state index in [0.29, 0.717) is 22.6 Å². The summed E-state index contributed by atoms with van der Waals surface area (Å²) in [5, 5.41) is 4.37. The number of nitrogens with zero attached hydrogens (tertiary/aromatic N) is 3. The van der Waals surface area contributed by atoms with E-state index in [2.05, 4.69) is 12.0 Å². The van der Waals surface area contributed by atoms with Crippen LogP contribution >= 0.6 is 0 Å². The highest BCUT2D eigenvalue weighted by Gasteiger charge is 2.27. The number of hydrogen-bond donors (Lipinski definition) is 0. The van der Waals surface area contributed by atoms with Crippen LogP contribution in [0.5, 0.6) is 0 Å². The Hall–Kier alpha value is -2.70. The molecule has 3 rings (SSSR count). The number of halogens is 1. The van der Waals surface area contributed by atoms with Crippen molar-refractivity contribution in [2.45, 2.75) is 52.5 Å². The average molecular weight is 387 g/mol. The molecule has 0 spiro atoms. The SMILES string of the molecule is CCC1CCCCN1C(=O)COC(=O)c1c(C)nn(-c2ccc(F)cc2)c1C. The number of carbonyl (C=O) groups is 2. The molecule has 1 aliphatic heterocycles. The van der Waals surface area contributed by atoms with E-state index in [0.717, 1.165) is 32.2 Å². The minimum absolute atomic E-state index is 0.152.